The molecule has 0 atom stereocenters. The Bertz CT molecular complexity index is 2680. The van der Waals surface area contributed by atoms with E-state index in [-0.39, 0.29) is 39.1 Å². The summed E-state index contributed by atoms with van der Waals surface area (Å²) in [6, 6.07) is 19.4. The van der Waals surface area contributed by atoms with E-state index in [4.69, 9.17) is 16.8 Å². The maximum absolute atomic E-state index is 9.24. The highest BCUT2D eigenvalue weighted by atomic mass is 16.3. The van der Waals surface area contributed by atoms with Crippen LogP contribution < -0.4 is 0 Å². The monoisotopic (exact) mass is 507 g/mol. The van der Waals surface area contributed by atoms with Gasteiger partial charge in [-0.3, -0.25) is 0 Å². The molecule has 0 saturated carbocycles. The molecule has 39 heavy (non-hydrogen) atoms. The summed E-state index contributed by atoms with van der Waals surface area (Å²) in [5, 5.41) is 3.12. The van der Waals surface area contributed by atoms with Crippen LogP contribution in [0.25, 0.3) is 76.9 Å². The highest BCUT2D eigenvalue weighted by molar-refractivity contribution is 6.24. The van der Waals surface area contributed by atoms with Crippen molar-refractivity contribution in [1.29, 1.82) is 0 Å². The van der Waals surface area contributed by atoms with E-state index in [0.717, 1.165) is 32.7 Å². The van der Waals surface area contributed by atoms with Crippen LogP contribution in [-0.4, -0.2) is 0 Å². The fourth-order valence-corrected chi connectivity index (χ4v) is 5.41. The standard InChI is InChI=1S/C38H24O/c1-3-12-25(13-4-1)27-22-23-28-33-20-11-21-34(38(33)39-35(28)24-27)37-31-18-9-7-16-29(31)36(26-14-5-2-6-15-26)30-17-8-10-19-32(30)37/h1-24H/i1D,3D,4D,11D,12D,13D,20D,21D,22D,23D,24D. The van der Waals surface area contributed by atoms with Crippen molar-refractivity contribution >= 4 is 43.5 Å². The minimum Gasteiger partial charge on any atom is -0.455 e. The third-order valence-corrected chi connectivity index (χ3v) is 7.06. The number of rotatable bonds is 3. The van der Waals surface area contributed by atoms with Crippen molar-refractivity contribution in [2.24, 2.45) is 0 Å². The predicted octanol–water partition coefficient (Wildman–Crippen LogP) is 10.9. The Morgan fingerprint density at radius 1 is 0.436 bits per heavy atom. The van der Waals surface area contributed by atoms with Gasteiger partial charge in [-0.15, -0.1) is 0 Å². The molecular formula is C38H24O. The van der Waals surface area contributed by atoms with Crippen molar-refractivity contribution in [2.45, 2.75) is 0 Å². The molecule has 7 aromatic carbocycles. The smallest absolute Gasteiger partial charge is 0.143 e. The van der Waals surface area contributed by atoms with Gasteiger partial charge in [-0.2, -0.15) is 0 Å². The van der Waals surface area contributed by atoms with Crippen molar-refractivity contribution in [3.8, 4) is 33.4 Å². The van der Waals surface area contributed by atoms with Gasteiger partial charge in [0.15, 0.2) is 0 Å². The molecule has 0 aliphatic carbocycles. The molecule has 0 N–H and O–H groups in total. The highest BCUT2D eigenvalue weighted by Crippen LogP contribution is 2.46. The summed E-state index contributed by atoms with van der Waals surface area (Å²) in [4.78, 5) is 0. The Labute approximate surface area is 242 Å². The second-order valence-corrected chi connectivity index (χ2v) is 9.22. The Balaban J connectivity index is 1.57. The molecular weight excluding hydrogens is 472 g/mol. The molecule has 0 fully saturated rings. The average molecular weight is 508 g/mol. The lowest BCUT2D eigenvalue weighted by Gasteiger charge is -2.17. The summed E-state index contributed by atoms with van der Waals surface area (Å²) in [6.07, 6.45) is 0. The van der Waals surface area contributed by atoms with Crippen LogP contribution in [0.1, 0.15) is 15.1 Å². The molecule has 0 aliphatic heterocycles. The highest BCUT2D eigenvalue weighted by Gasteiger charge is 2.20. The van der Waals surface area contributed by atoms with Crippen LogP contribution in [0.5, 0.6) is 0 Å². The minimum absolute atomic E-state index is 0.0177. The second-order valence-electron chi connectivity index (χ2n) is 9.22. The number of hydrogen-bond acceptors (Lipinski definition) is 1. The summed E-state index contributed by atoms with van der Waals surface area (Å²) in [5.74, 6) is 0. The topological polar surface area (TPSA) is 13.1 Å². The Morgan fingerprint density at radius 3 is 1.77 bits per heavy atom. The van der Waals surface area contributed by atoms with Crippen LogP contribution in [0.3, 0.4) is 0 Å². The predicted molar refractivity (Wildman–Crippen MR) is 165 cm³/mol. The lowest BCUT2D eigenvalue weighted by molar-refractivity contribution is 0.670. The van der Waals surface area contributed by atoms with Crippen LogP contribution in [0.4, 0.5) is 0 Å². The maximum Gasteiger partial charge on any atom is 0.143 e. The Kier molecular flexibility index (Phi) is 3.04. The number of furan rings is 1. The van der Waals surface area contributed by atoms with E-state index < -0.39 is 66.0 Å². The quantitative estimate of drug-likeness (QED) is 0.217. The van der Waals surface area contributed by atoms with Gasteiger partial charge in [0.25, 0.3) is 0 Å². The van der Waals surface area contributed by atoms with Crippen molar-refractivity contribution < 1.29 is 19.5 Å². The fraction of sp³-hybridized carbons (Fsp3) is 0. The zero-order chi connectivity index (χ0) is 35.3. The number of benzene rings is 7. The largest absolute Gasteiger partial charge is 0.455 e. The lowest BCUT2D eigenvalue weighted by Crippen LogP contribution is -1.90. The van der Waals surface area contributed by atoms with E-state index in [9.17, 15) is 2.74 Å². The van der Waals surface area contributed by atoms with Crippen molar-refractivity contribution in [2.75, 3.05) is 0 Å². The summed E-state index contributed by atoms with van der Waals surface area (Å²) in [5.41, 5.74) is 1.63. The van der Waals surface area contributed by atoms with E-state index in [1.54, 1.807) is 0 Å². The van der Waals surface area contributed by atoms with Gasteiger partial charge in [-0.1, -0.05) is 133 Å². The zero-order valence-electron chi connectivity index (χ0n) is 31.4. The van der Waals surface area contributed by atoms with Crippen molar-refractivity contribution in [1.82, 2.24) is 0 Å². The van der Waals surface area contributed by atoms with Crippen LogP contribution in [0.2, 0.25) is 0 Å². The van der Waals surface area contributed by atoms with Crippen molar-refractivity contribution in [3.63, 3.8) is 0 Å². The lowest BCUT2D eigenvalue weighted by atomic mass is 9.85. The van der Waals surface area contributed by atoms with E-state index in [1.807, 2.05) is 78.9 Å². The molecule has 182 valence electrons. The van der Waals surface area contributed by atoms with E-state index in [2.05, 4.69) is 0 Å². The Morgan fingerprint density at radius 2 is 1.08 bits per heavy atom. The number of para-hydroxylation sites is 1. The van der Waals surface area contributed by atoms with Gasteiger partial charge in [-0.05, 0) is 55.9 Å². The number of fused-ring (bicyclic) bond motifs is 5. The molecule has 1 aromatic heterocycles. The molecule has 1 heterocycles. The van der Waals surface area contributed by atoms with Gasteiger partial charge in [0.1, 0.15) is 11.2 Å². The third kappa shape index (κ3) is 3.41. The van der Waals surface area contributed by atoms with Gasteiger partial charge < -0.3 is 4.42 Å². The molecule has 1 nitrogen and oxygen atoms in total. The molecule has 0 spiro atoms. The van der Waals surface area contributed by atoms with Gasteiger partial charge in [0.05, 0.1) is 15.1 Å². The molecule has 1 heteroatoms. The summed E-state index contributed by atoms with van der Waals surface area (Å²) in [6.45, 7) is 0. The van der Waals surface area contributed by atoms with Crippen LogP contribution in [0, 0.1) is 0 Å². The molecule has 8 rings (SSSR count). The molecule has 0 radical (unpaired) electrons. The van der Waals surface area contributed by atoms with Crippen molar-refractivity contribution in [3.05, 3.63) is 145 Å². The fourth-order valence-electron chi connectivity index (χ4n) is 5.41. The summed E-state index contributed by atoms with van der Waals surface area (Å²) >= 11 is 0. The summed E-state index contributed by atoms with van der Waals surface area (Å²) in [7, 11) is 0. The van der Waals surface area contributed by atoms with E-state index >= 15 is 0 Å². The van der Waals surface area contributed by atoms with Gasteiger partial charge in [0.2, 0.25) is 0 Å². The molecule has 0 amide bonds. The van der Waals surface area contributed by atoms with Crippen LogP contribution in [0.15, 0.2) is 150 Å². The summed E-state index contributed by atoms with van der Waals surface area (Å²) < 4.78 is 102. The first-order chi connectivity index (χ1) is 24.0. The van der Waals surface area contributed by atoms with Crippen LogP contribution in [-0.2, 0) is 0 Å². The molecule has 0 bridgehead atoms. The molecule has 0 unspecified atom stereocenters. The maximum atomic E-state index is 9.24. The first kappa shape index (κ1) is 13.6. The number of hydrogen-bond donors (Lipinski definition) is 0. The van der Waals surface area contributed by atoms with Gasteiger partial charge >= 0.3 is 0 Å². The second kappa shape index (κ2) is 8.72. The van der Waals surface area contributed by atoms with Gasteiger partial charge in [0, 0.05) is 21.9 Å². The average Bonchev–Trinajstić information content (AvgIpc) is 3.53. The Hall–Kier alpha value is -5.14. The third-order valence-electron chi connectivity index (χ3n) is 7.06. The first-order valence-electron chi connectivity index (χ1n) is 18.0. The molecule has 8 aromatic rings. The first-order valence-corrected chi connectivity index (χ1v) is 12.5. The molecule has 0 aliphatic rings. The van der Waals surface area contributed by atoms with E-state index in [1.165, 1.54) is 0 Å². The molecule has 0 saturated heterocycles. The minimum atomic E-state index is -0.651. The van der Waals surface area contributed by atoms with Crippen LogP contribution >= 0.6 is 0 Å². The normalized spacial score (nSPS) is 15.5. The zero-order valence-corrected chi connectivity index (χ0v) is 20.4. The van der Waals surface area contributed by atoms with Gasteiger partial charge in [-0.25, -0.2) is 0 Å². The van der Waals surface area contributed by atoms with E-state index in [0.29, 0.717) is 5.56 Å². The SMILES string of the molecule is [2H]c1c([2H])c([2H])c(-c2c([2H])c([2H])c3c(oc4c(-c5c6ccccc6c(-c6ccccc6)c6ccccc56)c([2H])c([2H])c([2H])c43)c2[2H])c([2H])c1[2H].